The molecule has 2 fully saturated rings. The van der Waals surface area contributed by atoms with Crippen LogP contribution in [0.15, 0.2) is 11.4 Å². The molecule has 0 aromatic carbocycles. The summed E-state index contributed by atoms with van der Waals surface area (Å²) in [5, 5.41) is 13.4. The van der Waals surface area contributed by atoms with Gasteiger partial charge in [-0.15, -0.1) is 11.3 Å². The van der Waals surface area contributed by atoms with Crippen LogP contribution in [0.4, 0.5) is 5.82 Å². The minimum absolute atomic E-state index is 0.222. The number of nitrogens with zero attached hydrogens (tertiary/aromatic N) is 3. The molecule has 4 rings (SSSR count). The molecule has 2 aromatic rings. The number of fused-ring (bicyclic) bond motifs is 1. The van der Waals surface area contributed by atoms with Crippen LogP contribution in [0, 0.1) is 18.8 Å². The highest BCUT2D eigenvalue weighted by Crippen LogP contribution is 2.41. The lowest BCUT2D eigenvalue weighted by Crippen LogP contribution is -2.56. The molecule has 2 aliphatic rings. The van der Waals surface area contributed by atoms with Crippen LogP contribution in [0.2, 0.25) is 0 Å². The van der Waals surface area contributed by atoms with Gasteiger partial charge in [-0.1, -0.05) is 6.92 Å². The van der Waals surface area contributed by atoms with E-state index in [-0.39, 0.29) is 5.92 Å². The summed E-state index contributed by atoms with van der Waals surface area (Å²) in [5.41, 5.74) is 0.456. The van der Waals surface area contributed by atoms with Gasteiger partial charge in [-0.05, 0) is 43.6 Å². The molecule has 0 aliphatic carbocycles. The van der Waals surface area contributed by atoms with Crippen molar-refractivity contribution in [1.29, 1.82) is 0 Å². The fourth-order valence-corrected chi connectivity index (χ4v) is 5.16. The molecule has 2 aliphatic heterocycles. The van der Waals surface area contributed by atoms with Gasteiger partial charge in [-0.25, -0.2) is 9.97 Å². The first-order valence-electron chi connectivity index (χ1n) is 8.85. The Hall–Kier alpha value is -1.24. The summed E-state index contributed by atoms with van der Waals surface area (Å²) in [6, 6.07) is 2.06. The Bertz CT molecular complexity index is 728. The van der Waals surface area contributed by atoms with E-state index in [1.165, 1.54) is 0 Å². The topological polar surface area (TPSA) is 58.5 Å². The van der Waals surface area contributed by atoms with Gasteiger partial charge < -0.3 is 14.7 Å². The lowest BCUT2D eigenvalue weighted by molar-refractivity contribution is -0.108. The molecule has 24 heavy (non-hydrogen) atoms. The maximum atomic E-state index is 11.3. The molecule has 2 aromatic heterocycles. The summed E-state index contributed by atoms with van der Waals surface area (Å²) in [6.45, 7) is 7.39. The SMILES string of the molecule is Cc1nc(N2CC[C@@](O)(C3CCOCC3)[C@H](C)C2)c2sccc2n1. The van der Waals surface area contributed by atoms with Crippen LogP contribution in [0.1, 0.15) is 32.0 Å². The number of aliphatic hydroxyl groups is 1. The molecule has 0 radical (unpaired) electrons. The Morgan fingerprint density at radius 3 is 2.88 bits per heavy atom. The van der Waals surface area contributed by atoms with E-state index in [0.717, 1.165) is 67.4 Å². The summed E-state index contributed by atoms with van der Waals surface area (Å²) in [5.74, 6) is 2.43. The van der Waals surface area contributed by atoms with Crippen molar-refractivity contribution in [2.24, 2.45) is 11.8 Å². The number of aromatic nitrogens is 2. The molecule has 2 saturated heterocycles. The van der Waals surface area contributed by atoms with Gasteiger partial charge in [0.2, 0.25) is 0 Å². The summed E-state index contributed by atoms with van der Waals surface area (Å²) >= 11 is 1.70. The predicted octanol–water partition coefficient (Wildman–Crippen LogP) is 3.00. The number of aryl methyl sites for hydroxylation is 1. The molecular formula is C18H25N3O2S. The van der Waals surface area contributed by atoms with Crippen LogP contribution in [-0.2, 0) is 4.74 Å². The van der Waals surface area contributed by atoms with E-state index < -0.39 is 5.60 Å². The van der Waals surface area contributed by atoms with Crippen LogP contribution >= 0.6 is 11.3 Å². The second-order valence-electron chi connectivity index (χ2n) is 7.20. The molecular weight excluding hydrogens is 322 g/mol. The standard InChI is InChI=1S/C18H25N3O2S/c1-12-11-21(7-6-18(12,22)14-3-8-23-9-4-14)17-16-15(5-10-24-16)19-13(2)20-17/h5,10,12,14,22H,3-4,6-9,11H2,1-2H3/t12-,18+/m1/s1. The monoisotopic (exact) mass is 347 g/mol. The number of hydrogen-bond donors (Lipinski definition) is 1. The maximum absolute atomic E-state index is 11.3. The lowest BCUT2D eigenvalue weighted by Gasteiger charge is -2.48. The van der Waals surface area contributed by atoms with Crippen LogP contribution in [0.5, 0.6) is 0 Å². The molecule has 0 unspecified atom stereocenters. The normalized spacial score (nSPS) is 29.3. The molecule has 130 valence electrons. The molecule has 0 spiro atoms. The fraction of sp³-hybridized carbons (Fsp3) is 0.667. The average Bonchev–Trinajstić information content (AvgIpc) is 3.06. The Morgan fingerprint density at radius 1 is 1.33 bits per heavy atom. The van der Waals surface area contributed by atoms with Crippen molar-refractivity contribution in [3.63, 3.8) is 0 Å². The third kappa shape index (κ3) is 2.70. The molecule has 0 amide bonds. The maximum Gasteiger partial charge on any atom is 0.150 e. The van der Waals surface area contributed by atoms with E-state index in [9.17, 15) is 5.11 Å². The van der Waals surface area contributed by atoms with Crippen LogP contribution in [-0.4, -0.2) is 47.0 Å². The molecule has 4 heterocycles. The number of anilines is 1. The Morgan fingerprint density at radius 2 is 2.12 bits per heavy atom. The first-order valence-corrected chi connectivity index (χ1v) is 9.73. The third-order valence-electron chi connectivity index (χ3n) is 5.76. The third-order valence-corrected chi connectivity index (χ3v) is 6.65. The van der Waals surface area contributed by atoms with Crippen molar-refractivity contribution in [2.75, 3.05) is 31.2 Å². The largest absolute Gasteiger partial charge is 0.389 e. The van der Waals surface area contributed by atoms with Gasteiger partial charge in [0.1, 0.15) is 11.6 Å². The number of thiophene rings is 1. The first-order chi connectivity index (χ1) is 11.6. The summed E-state index contributed by atoms with van der Waals surface area (Å²) in [4.78, 5) is 11.6. The number of rotatable bonds is 2. The van der Waals surface area contributed by atoms with Gasteiger partial charge in [0.05, 0.1) is 15.8 Å². The van der Waals surface area contributed by atoms with Gasteiger partial charge >= 0.3 is 0 Å². The Balaban J connectivity index is 1.58. The first kappa shape index (κ1) is 16.2. The zero-order valence-corrected chi connectivity index (χ0v) is 15.2. The van der Waals surface area contributed by atoms with E-state index in [4.69, 9.17) is 9.72 Å². The lowest BCUT2D eigenvalue weighted by atomic mass is 9.70. The minimum Gasteiger partial charge on any atom is -0.389 e. The molecule has 0 saturated carbocycles. The predicted molar refractivity (Wildman–Crippen MR) is 96.6 cm³/mol. The molecule has 6 heteroatoms. The fourth-order valence-electron chi connectivity index (χ4n) is 4.31. The zero-order valence-electron chi connectivity index (χ0n) is 14.4. The number of hydrogen-bond acceptors (Lipinski definition) is 6. The molecule has 5 nitrogen and oxygen atoms in total. The van der Waals surface area contributed by atoms with Crippen molar-refractivity contribution in [3.8, 4) is 0 Å². The van der Waals surface area contributed by atoms with Gasteiger partial charge in [0.15, 0.2) is 0 Å². The van der Waals surface area contributed by atoms with Gasteiger partial charge in [-0.3, -0.25) is 0 Å². The van der Waals surface area contributed by atoms with Crippen molar-refractivity contribution >= 4 is 27.4 Å². The van der Waals surface area contributed by atoms with Crippen molar-refractivity contribution in [1.82, 2.24) is 9.97 Å². The minimum atomic E-state index is -0.572. The number of ether oxygens (including phenoxy) is 1. The van der Waals surface area contributed by atoms with E-state index in [1.807, 2.05) is 6.92 Å². The number of piperidine rings is 1. The zero-order chi connectivity index (χ0) is 16.7. The Kier molecular flexibility index (Phi) is 4.22. The van der Waals surface area contributed by atoms with E-state index >= 15 is 0 Å². The molecule has 2 atom stereocenters. The van der Waals surface area contributed by atoms with Gasteiger partial charge in [-0.2, -0.15) is 0 Å². The quantitative estimate of drug-likeness (QED) is 0.905. The van der Waals surface area contributed by atoms with Crippen molar-refractivity contribution < 1.29 is 9.84 Å². The van der Waals surface area contributed by atoms with Crippen LogP contribution in [0.3, 0.4) is 0 Å². The van der Waals surface area contributed by atoms with E-state index in [2.05, 4.69) is 28.3 Å². The Labute approximate surface area is 146 Å². The van der Waals surface area contributed by atoms with E-state index in [1.54, 1.807) is 11.3 Å². The highest BCUT2D eigenvalue weighted by molar-refractivity contribution is 7.17. The van der Waals surface area contributed by atoms with Gasteiger partial charge in [0, 0.05) is 32.2 Å². The van der Waals surface area contributed by atoms with Crippen LogP contribution in [0.25, 0.3) is 10.2 Å². The second-order valence-corrected chi connectivity index (χ2v) is 8.12. The average molecular weight is 347 g/mol. The molecule has 1 N–H and O–H groups in total. The highest BCUT2D eigenvalue weighted by atomic mass is 32.1. The summed E-state index contributed by atoms with van der Waals surface area (Å²) < 4.78 is 6.63. The van der Waals surface area contributed by atoms with Crippen LogP contribution < -0.4 is 4.90 Å². The summed E-state index contributed by atoms with van der Waals surface area (Å²) in [7, 11) is 0. The van der Waals surface area contributed by atoms with Crippen molar-refractivity contribution in [3.05, 3.63) is 17.3 Å². The smallest absolute Gasteiger partial charge is 0.150 e. The highest BCUT2D eigenvalue weighted by Gasteiger charge is 2.45. The van der Waals surface area contributed by atoms with E-state index in [0.29, 0.717) is 5.92 Å². The molecule has 0 bridgehead atoms. The second kappa shape index (κ2) is 6.24. The van der Waals surface area contributed by atoms with Gasteiger partial charge in [0.25, 0.3) is 0 Å². The van der Waals surface area contributed by atoms with Crippen molar-refractivity contribution in [2.45, 2.75) is 38.7 Å². The summed E-state index contributed by atoms with van der Waals surface area (Å²) in [6.07, 6.45) is 2.75.